The van der Waals surface area contributed by atoms with Gasteiger partial charge >= 0.3 is 0 Å². The third-order valence-corrected chi connectivity index (χ3v) is 6.69. The maximum Gasteiger partial charge on any atom is 0.244 e. The number of benzene rings is 2. The fourth-order valence-electron chi connectivity index (χ4n) is 3.68. The molecule has 0 saturated heterocycles. The fourth-order valence-corrected chi connectivity index (χ4v) is 4.82. The highest BCUT2D eigenvalue weighted by Crippen LogP contribution is 2.26. The van der Waals surface area contributed by atoms with Gasteiger partial charge < -0.3 is 10.2 Å². The van der Waals surface area contributed by atoms with Crippen LogP contribution in [-0.4, -0.2) is 57.1 Å². The van der Waals surface area contributed by atoms with E-state index in [1.807, 2.05) is 44.2 Å². The number of anilines is 1. The molecule has 0 aliphatic rings. The van der Waals surface area contributed by atoms with Crippen molar-refractivity contribution in [1.29, 1.82) is 0 Å². The number of rotatable bonds is 11. The highest BCUT2D eigenvalue weighted by Gasteiger charge is 2.31. The first kappa shape index (κ1) is 26.7. The Balaban J connectivity index is 2.38. The summed E-state index contributed by atoms with van der Waals surface area (Å²) in [6, 6.07) is 13.8. The molecule has 0 aliphatic carbocycles. The summed E-state index contributed by atoms with van der Waals surface area (Å²) in [5.74, 6) is -0.696. The van der Waals surface area contributed by atoms with Crippen molar-refractivity contribution in [3.8, 4) is 0 Å². The Morgan fingerprint density at radius 2 is 1.76 bits per heavy atom. The number of likely N-dealkylation sites (N-methyl/N-ethyl adjacent to an activating group) is 1. The fraction of sp³-hybridized carbons (Fsp3) is 0.417. The quantitative estimate of drug-likeness (QED) is 0.519. The summed E-state index contributed by atoms with van der Waals surface area (Å²) >= 11 is 6.03. The molecule has 7 nitrogen and oxygen atoms in total. The van der Waals surface area contributed by atoms with E-state index in [1.165, 1.54) is 4.90 Å². The van der Waals surface area contributed by atoms with Crippen LogP contribution in [0.5, 0.6) is 0 Å². The van der Waals surface area contributed by atoms with Crippen LogP contribution < -0.4 is 9.62 Å². The van der Waals surface area contributed by atoms with Gasteiger partial charge in [-0.3, -0.25) is 13.9 Å². The first-order valence-electron chi connectivity index (χ1n) is 10.9. The van der Waals surface area contributed by atoms with E-state index in [9.17, 15) is 18.0 Å². The van der Waals surface area contributed by atoms with E-state index in [-0.39, 0.29) is 12.5 Å². The molecule has 0 radical (unpaired) electrons. The van der Waals surface area contributed by atoms with Gasteiger partial charge in [-0.2, -0.15) is 0 Å². The third-order valence-electron chi connectivity index (χ3n) is 5.33. The lowest BCUT2D eigenvalue weighted by Gasteiger charge is -2.33. The SMILES string of the molecule is CCNC(=O)[C@@H](CC)N(CCc1ccccc1)C(=O)CN(c1ccc(Cl)cc1C)S(C)(=O)=O. The van der Waals surface area contributed by atoms with Gasteiger partial charge in [-0.25, -0.2) is 8.42 Å². The second-order valence-corrected chi connectivity index (χ2v) is 10.2. The van der Waals surface area contributed by atoms with Crippen LogP contribution in [0.3, 0.4) is 0 Å². The lowest BCUT2D eigenvalue weighted by Crippen LogP contribution is -2.53. The summed E-state index contributed by atoms with van der Waals surface area (Å²) in [6.07, 6.45) is 2.01. The molecular formula is C24H32ClN3O4S. The highest BCUT2D eigenvalue weighted by atomic mass is 35.5. The number of amides is 2. The standard InChI is InChI=1S/C24H32ClN3O4S/c1-5-21(24(30)26-6-2)27(15-14-19-10-8-7-9-11-19)23(29)17-28(33(4,31)32)22-13-12-20(25)16-18(22)3/h7-13,16,21H,5-6,14-15,17H2,1-4H3,(H,26,30)/t21-/m1/s1. The van der Waals surface area contributed by atoms with Crippen molar-refractivity contribution in [3.63, 3.8) is 0 Å². The Hall–Kier alpha value is -2.58. The number of nitrogens with zero attached hydrogens (tertiary/aromatic N) is 2. The van der Waals surface area contributed by atoms with Gasteiger partial charge in [-0.1, -0.05) is 48.9 Å². The minimum absolute atomic E-state index is 0.255. The molecular weight excluding hydrogens is 462 g/mol. The van der Waals surface area contributed by atoms with Crippen molar-refractivity contribution in [1.82, 2.24) is 10.2 Å². The minimum Gasteiger partial charge on any atom is -0.355 e. The summed E-state index contributed by atoms with van der Waals surface area (Å²) in [5, 5.41) is 3.26. The van der Waals surface area contributed by atoms with E-state index in [2.05, 4.69) is 5.32 Å². The molecule has 2 amide bonds. The van der Waals surface area contributed by atoms with Gasteiger partial charge in [-0.15, -0.1) is 0 Å². The van der Waals surface area contributed by atoms with Crippen LogP contribution in [0.25, 0.3) is 0 Å². The van der Waals surface area contributed by atoms with Crippen molar-refractivity contribution in [2.75, 3.05) is 30.2 Å². The third kappa shape index (κ3) is 7.47. The molecule has 2 rings (SSSR count). The highest BCUT2D eigenvalue weighted by molar-refractivity contribution is 7.92. The molecule has 2 aromatic carbocycles. The summed E-state index contributed by atoms with van der Waals surface area (Å²) in [6.45, 7) is 5.70. The molecule has 9 heteroatoms. The zero-order valence-electron chi connectivity index (χ0n) is 19.5. The van der Waals surface area contributed by atoms with E-state index in [4.69, 9.17) is 11.6 Å². The zero-order valence-corrected chi connectivity index (χ0v) is 21.1. The van der Waals surface area contributed by atoms with Gasteiger partial charge in [0, 0.05) is 18.1 Å². The second-order valence-electron chi connectivity index (χ2n) is 7.84. The summed E-state index contributed by atoms with van der Waals surface area (Å²) in [7, 11) is -3.77. The molecule has 1 N–H and O–H groups in total. The first-order valence-corrected chi connectivity index (χ1v) is 13.2. The number of nitrogens with one attached hydrogen (secondary N) is 1. The van der Waals surface area contributed by atoms with Crippen molar-refractivity contribution in [3.05, 3.63) is 64.7 Å². The van der Waals surface area contributed by atoms with E-state index in [0.717, 1.165) is 16.1 Å². The molecule has 180 valence electrons. The summed E-state index contributed by atoms with van der Waals surface area (Å²) in [4.78, 5) is 27.7. The van der Waals surface area contributed by atoms with Gasteiger partial charge in [-0.05, 0) is 56.0 Å². The Morgan fingerprint density at radius 3 is 2.30 bits per heavy atom. The Bertz CT molecular complexity index is 1060. The molecule has 33 heavy (non-hydrogen) atoms. The predicted octanol–water partition coefficient (Wildman–Crippen LogP) is 3.40. The normalized spacial score (nSPS) is 12.2. The summed E-state index contributed by atoms with van der Waals surface area (Å²) < 4.78 is 26.3. The number of sulfonamides is 1. The predicted molar refractivity (Wildman–Crippen MR) is 133 cm³/mol. The number of carbonyl (C=O) groups excluding carboxylic acids is 2. The Kier molecular flexibility index (Phi) is 9.73. The lowest BCUT2D eigenvalue weighted by molar-refractivity contribution is -0.139. The van der Waals surface area contributed by atoms with Crippen molar-refractivity contribution in [2.24, 2.45) is 0 Å². The van der Waals surface area contributed by atoms with Crippen LogP contribution in [0.15, 0.2) is 48.5 Å². The largest absolute Gasteiger partial charge is 0.355 e. The van der Waals surface area contributed by atoms with Crippen molar-refractivity contribution in [2.45, 2.75) is 39.7 Å². The second kappa shape index (κ2) is 12.0. The van der Waals surface area contributed by atoms with E-state index in [0.29, 0.717) is 35.7 Å². The van der Waals surface area contributed by atoms with E-state index < -0.39 is 28.5 Å². The van der Waals surface area contributed by atoms with E-state index >= 15 is 0 Å². The number of carbonyl (C=O) groups is 2. The van der Waals surface area contributed by atoms with E-state index in [1.54, 1.807) is 25.1 Å². The van der Waals surface area contributed by atoms with Crippen LogP contribution in [0.1, 0.15) is 31.4 Å². The molecule has 0 heterocycles. The molecule has 0 aromatic heterocycles. The van der Waals surface area contributed by atoms with Crippen LogP contribution in [0.2, 0.25) is 5.02 Å². The van der Waals surface area contributed by atoms with Gasteiger partial charge in [0.1, 0.15) is 12.6 Å². The van der Waals surface area contributed by atoms with Gasteiger partial charge in [0.15, 0.2) is 0 Å². The first-order chi connectivity index (χ1) is 15.6. The molecule has 1 atom stereocenters. The Morgan fingerprint density at radius 1 is 1.09 bits per heavy atom. The smallest absolute Gasteiger partial charge is 0.244 e. The molecule has 0 saturated carbocycles. The molecule has 0 spiro atoms. The molecule has 0 fully saturated rings. The number of halogens is 1. The maximum atomic E-state index is 13.5. The van der Waals surface area contributed by atoms with Gasteiger partial charge in [0.2, 0.25) is 21.8 Å². The Labute approximate surface area is 201 Å². The molecule has 0 bridgehead atoms. The zero-order chi connectivity index (χ0) is 24.6. The topological polar surface area (TPSA) is 86.8 Å². The molecule has 2 aromatic rings. The monoisotopic (exact) mass is 493 g/mol. The van der Waals surface area contributed by atoms with Crippen molar-refractivity contribution < 1.29 is 18.0 Å². The number of hydrogen-bond acceptors (Lipinski definition) is 4. The summed E-state index contributed by atoms with van der Waals surface area (Å²) in [5.41, 5.74) is 2.03. The van der Waals surface area contributed by atoms with Crippen molar-refractivity contribution >= 4 is 39.1 Å². The lowest BCUT2D eigenvalue weighted by atomic mass is 10.1. The average Bonchev–Trinajstić information content (AvgIpc) is 2.75. The average molecular weight is 494 g/mol. The maximum absolute atomic E-state index is 13.5. The van der Waals surface area contributed by atoms with Crippen LogP contribution >= 0.6 is 11.6 Å². The van der Waals surface area contributed by atoms with Crippen LogP contribution in [0.4, 0.5) is 5.69 Å². The number of aryl methyl sites for hydroxylation is 1. The molecule has 0 unspecified atom stereocenters. The van der Waals surface area contributed by atoms with Gasteiger partial charge in [0.05, 0.1) is 11.9 Å². The van der Waals surface area contributed by atoms with Crippen LogP contribution in [0, 0.1) is 6.92 Å². The number of hydrogen-bond donors (Lipinski definition) is 1. The minimum atomic E-state index is -3.77. The van der Waals surface area contributed by atoms with Gasteiger partial charge in [0.25, 0.3) is 0 Å². The van der Waals surface area contributed by atoms with Crippen LogP contribution in [-0.2, 0) is 26.0 Å². The molecule has 0 aliphatic heterocycles.